The molecular weight excluding hydrogens is 348 g/mol. The van der Waals surface area contributed by atoms with Crippen LogP contribution in [0, 0.1) is 0 Å². The van der Waals surface area contributed by atoms with Crippen LogP contribution in [0.1, 0.15) is 52.0 Å². The maximum atomic E-state index is 12.5. The Morgan fingerprint density at radius 1 is 1.19 bits per heavy atom. The van der Waals surface area contributed by atoms with E-state index in [4.69, 9.17) is 14.6 Å². The molecule has 0 aromatic heterocycles. The van der Waals surface area contributed by atoms with Gasteiger partial charge in [0.1, 0.15) is 12.2 Å². The number of aliphatic hydroxyl groups is 1. The zero-order valence-corrected chi connectivity index (χ0v) is 16.6. The number of alkyl carbamates (subject to hydrolysis) is 1. The highest BCUT2D eigenvalue weighted by Gasteiger charge is 2.25. The molecule has 1 rings (SSSR count). The maximum Gasteiger partial charge on any atom is 0.411 e. The lowest BCUT2D eigenvalue weighted by atomic mass is 10.0. The molecule has 0 aliphatic carbocycles. The fourth-order valence-corrected chi connectivity index (χ4v) is 2.54. The zero-order valence-electron chi connectivity index (χ0n) is 16.6. The summed E-state index contributed by atoms with van der Waals surface area (Å²) < 4.78 is 10.7. The zero-order chi connectivity index (χ0) is 20.1. The van der Waals surface area contributed by atoms with Crippen LogP contribution in [0.2, 0.25) is 0 Å². The molecule has 0 heterocycles. The first kappa shape index (κ1) is 22.8. The summed E-state index contributed by atoms with van der Waals surface area (Å²) >= 11 is 0. The Kier molecular flexibility index (Phi) is 10.3. The van der Waals surface area contributed by atoms with Crippen molar-refractivity contribution < 1.29 is 24.2 Å². The molecule has 27 heavy (non-hydrogen) atoms. The second kappa shape index (κ2) is 12.2. The predicted molar refractivity (Wildman–Crippen MR) is 103 cm³/mol. The molecule has 0 saturated heterocycles. The predicted octanol–water partition coefficient (Wildman–Crippen LogP) is 3.66. The standard InChI is InChI=1S/C20H32N2O5/c1-4-12-20(2,3)27-19(25)22(13-8-9-14-23)16-21-18(24)26-15-17-10-6-5-7-11-17/h5-7,10-11,23H,4,8-9,12-16H2,1-3H3,(H,21,24). The second-order valence-electron chi connectivity index (χ2n) is 6.97. The van der Waals surface area contributed by atoms with Crippen molar-refractivity contribution >= 4 is 12.2 Å². The topological polar surface area (TPSA) is 88.1 Å². The molecule has 152 valence electrons. The van der Waals surface area contributed by atoms with Crippen LogP contribution in [0.4, 0.5) is 9.59 Å². The van der Waals surface area contributed by atoms with Crippen LogP contribution < -0.4 is 5.32 Å². The number of aliphatic hydroxyl groups excluding tert-OH is 1. The number of carbonyl (C=O) groups excluding carboxylic acids is 2. The highest BCUT2D eigenvalue weighted by molar-refractivity contribution is 5.70. The third kappa shape index (κ3) is 9.84. The number of carbonyl (C=O) groups is 2. The number of amides is 2. The second-order valence-corrected chi connectivity index (χ2v) is 6.97. The summed E-state index contributed by atoms with van der Waals surface area (Å²) in [5, 5.41) is 11.5. The third-order valence-electron chi connectivity index (χ3n) is 3.94. The van der Waals surface area contributed by atoms with Gasteiger partial charge in [-0.3, -0.25) is 4.90 Å². The fourth-order valence-electron chi connectivity index (χ4n) is 2.54. The van der Waals surface area contributed by atoms with E-state index in [2.05, 4.69) is 5.32 Å². The molecule has 7 heteroatoms. The molecule has 0 aliphatic rings. The van der Waals surface area contributed by atoms with Gasteiger partial charge in [-0.1, -0.05) is 43.7 Å². The van der Waals surface area contributed by atoms with Crippen LogP contribution in [0.15, 0.2) is 30.3 Å². The van der Waals surface area contributed by atoms with E-state index in [1.165, 1.54) is 4.90 Å². The summed E-state index contributed by atoms with van der Waals surface area (Å²) in [7, 11) is 0. The van der Waals surface area contributed by atoms with E-state index >= 15 is 0 Å². The van der Waals surface area contributed by atoms with E-state index in [-0.39, 0.29) is 19.9 Å². The fraction of sp³-hybridized carbons (Fsp3) is 0.600. The van der Waals surface area contributed by atoms with Gasteiger partial charge in [0.25, 0.3) is 0 Å². The SMILES string of the molecule is CCCC(C)(C)OC(=O)N(CCCCO)CNC(=O)OCc1ccccc1. The number of nitrogens with one attached hydrogen (secondary N) is 1. The number of hydrogen-bond donors (Lipinski definition) is 2. The monoisotopic (exact) mass is 380 g/mol. The lowest BCUT2D eigenvalue weighted by molar-refractivity contribution is 0.00641. The molecule has 0 aliphatic heterocycles. The van der Waals surface area contributed by atoms with E-state index < -0.39 is 17.8 Å². The summed E-state index contributed by atoms with van der Waals surface area (Å²) in [6, 6.07) is 9.35. The van der Waals surface area contributed by atoms with Gasteiger partial charge < -0.3 is 19.9 Å². The molecule has 0 unspecified atom stereocenters. The van der Waals surface area contributed by atoms with Crippen molar-refractivity contribution in [3.63, 3.8) is 0 Å². The van der Waals surface area contributed by atoms with Crippen molar-refractivity contribution in [1.29, 1.82) is 0 Å². The molecule has 0 radical (unpaired) electrons. The minimum absolute atomic E-state index is 0.0138. The Hall–Kier alpha value is -2.28. The molecule has 7 nitrogen and oxygen atoms in total. The van der Waals surface area contributed by atoms with Crippen LogP contribution in [0.25, 0.3) is 0 Å². The number of nitrogens with zero attached hydrogens (tertiary/aromatic N) is 1. The van der Waals surface area contributed by atoms with Crippen molar-refractivity contribution in [3.05, 3.63) is 35.9 Å². The minimum Gasteiger partial charge on any atom is -0.445 e. The average Bonchev–Trinajstić information content (AvgIpc) is 2.63. The van der Waals surface area contributed by atoms with Crippen molar-refractivity contribution in [3.8, 4) is 0 Å². The first-order valence-corrected chi connectivity index (χ1v) is 9.41. The lowest BCUT2D eigenvalue weighted by Crippen LogP contribution is -2.44. The number of unbranched alkanes of at least 4 members (excludes halogenated alkanes) is 1. The average molecular weight is 380 g/mol. The van der Waals surface area contributed by atoms with E-state index in [9.17, 15) is 9.59 Å². The number of benzene rings is 1. The molecule has 0 bridgehead atoms. The van der Waals surface area contributed by atoms with Crippen LogP contribution >= 0.6 is 0 Å². The molecule has 1 aromatic rings. The van der Waals surface area contributed by atoms with Crippen LogP contribution in [-0.2, 0) is 16.1 Å². The van der Waals surface area contributed by atoms with Gasteiger partial charge in [-0.05, 0) is 38.7 Å². The summed E-state index contributed by atoms with van der Waals surface area (Å²) in [4.78, 5) is 25.8. The first-order valence-electron chi connectivity index (χ1n) is 9.41. The largest absolute Gasteiger partial charge is 0.445 e. The molecule has 2 amide bonds. The van der Waals surface area contributed by atoms with Crippen LogP contribution in [-0.4, -0.2) is 47.6 Å². The van der Waals surface area contributed by atoms with Crippen molar-refractivity contribution in [2.75, 3.05) is 19.8 Å². The minimum atomic E-state index is -0.605. The van der Waals surface area contributed by atoms with Gasteiger partial charge in [0.2, 0.25) is 0 Å². The van der Waals surface area contributed by atoms with Gasteiger partial charge in [-0.2, -0.15) is 0 Å². The Bertz CT molecular complexity index is 563. The van der Waals surface area contributed by atoms with Gasteiger partial charge >= 0.3 is 12.2 Å². The quantitative estimate of drug-likeness (QED) is 0.452. The van der Waals surface area contributed by atoms with Crippen LogP contribution in [0.3, 0.4) is 0 Å². The Morgan fingerprint density at radius 2 is 1.89 bits per heavy atom. The van der Waals surface area contributed by atoms with E-state index in [0.29, 0.717) is 19.4 Å². The normalized spacial score (nSPS) is 11.0. The molecule has 2 N–H and O–H groups in total. The molecule has 0 atom stereocenters. The number of ether oxygens (including phenoxy) is 2. The van der Waals surface area contributed by atoms with E-state index in [1.54, 1.807) is 0 Å². The first-order chi connectivity index (χ1) is 12.9. The van der Waals surface area contributed by atoms with Gasteiger partial charge in [0.15, 0.2) is 0 Å². The summed E-state index contributed by atoms with van der Waals surface area (Å²) in [5.41, 5.74) is 0.308. The molecule has 0 saturated carbocycles. The van der Waals surface area contributed by atoms with Gasteiger partial charge in [-0.25, -0.2) is 9.59 Å². The van der Waals surface area contributed by atoms with Gasteiger partial charge in [0, 0.05) is 13.2 Å². The van der Waals surface area contributed by atoms with Crippen molar-refractivity contribution in [1.82, 2.24) is 10.2 Å². The number of hydrogen-bond acceptors (Lipinski definition) is 5. The van der Waals surface area contributed by atoms with Gasteiger partial charge in [0.05, 0.1) is 6.67 Å². The molecular formula is C20H32N2O5. The Balaban J connectivity index is 2.52. The van der Waals surface area contributed by atoms with Crippen molar-refractivity contribution in [2.24, 2.45) is 0 Å². The molecule has 1 aromatic carbocycles. The highest BCUT2D eigenvalue weighted by Crippen LogP contribution is 2.18. The third-order valence-corrected chi connectivity index (χ3v) is 3.94. The van der Waals surface area contributed by atoms with Crippen molar-refractivity contribution in [2.45, 2.75) is 58.7 Å². The van der Waals surface area contributed by atoms with E-state index in [1.807, 2.05) is 51.1 Å². The summed E-state index contributed by atoms with van der Waals surface area (Å²) in [6.07, 6.45) is 1.73. The summed E-state index contributed by atoms with van der Waals surface area (Å²) in [5.74, 6) is 0. The smallest absolute Gasteiger partial charge is 0.411 e. The number of rotatable bonds is 11. The highest BCUT2D eigenvalue weighted by atomic mass is 16.6. The van der Waals surface area contributed by atoms with Crippen LogP contribution in [0.5, 0.6) is 0 Å². The lowest BCUT2D eigenvalue weighted by Gasteiger charge is -2.29. The maximum absolute atomic E-state index is 12.5. The van der Waals surface area contributed by atoms with E-state index in [0.717, 1.165) is 18.4 Å². The van der Waals surface area contributed by atoms with Gasteiger partial charge in [-0.15, -0.1) is 0 Å². The summed E-state index contributed by atoms with van der Waals surface area (Å²) in [6.45, 7) is 6.32. The molecule has 0 spiro atoms. The Labute approximate surface area is 161 Å². The Morgan fingerprint density at radius 3 is 2.52 bits per heavy atom. The molecule has 0 fully saturated rings.